The molecule has 174 valence electrons. The van der Waals surface area contributed by atoms with Crippen LogP contribution >= 0.6 is 19.3 Å². The summed E-state index contributed by atoms with van der Waals surface area (Å²) in [5.41, 5.74) is 5.96. The number of carbonyl (C=O) groups is 1. The number of H-pyrrole nitrogens is 1. The molecule has 0 radical (unpaired) electrons. The third kappa shape index (κ3) is 4.47. The van der Waals surface area contributed by atoms with Crippen molar-refractivity contribution in [3.8, 4) is 0 Å². The molecular weight excluding hydrogens is 491 g/mol. The summed E-state index contributed by atoms with van der Waals surface area (Å²) in [5.74, 6) is -0.412. The number of ether oxygens (including phenoxy) is 1. The molecule has 2 aliphatic rings. The first kappa shape index (κ1) is 22.6. The number of thioether (sulfide) groups is 1. The maximum atomic E-state index is 12.5. The number of nitrogen functional groups attached to an aromatic ring is 1. The van der Waals surface area contributed by atoms with E-state index in [9.17, 15) is 14.7 Å². The van der Waals surface area contributed by atoms with Crippen molar-refractivity contribution in [1.29, 1.82) is 0 Å². The van der Waals surface area contributed by atoms with Crippen LogP contribution in [0, 0.1) is 0 Å². The van der Waals surface area contributed by atoms with Crippen LogP contribution in [0.15, 0.2) is 40.3 Å². The fourth-order valence-electron chi connectivity index (χ4n) is 3.62. The number of aromatic nitrogens is 4. The highest BCUT2D eigenvalue weighted by Crippen LogP contribution is 2.48. The van der Waals surface area contributed by atoms with Gasteiger partial charge in [0.05, 0.1) is 12.4 Å². The lowest BCUT2D eigenvalue weighted by molar-refractivity contribution is -0.113. The average Bonchev–Trinajstić information content (AvgIpc) is 3.30. The first-order chi connectivity index (χ1) is 15.9. The van der Waals surface area contributed by atoms with Crippen LogP contribution in [0.3, 0.4) is 0 Å². The number of hydrogen-bond acceptors (Lipinski definition) is 11. The Bertz CT molecular complexity index is 1240. The molecule has 2 aromatic heterocycles. The Morgan fingerprint density at radius 3 is 2.97 bits per heavy atom. The molecule has 1 aromatic carbocycles. The van der Waals surface area contributed by atoms with Crippen molar-refractivity contribution in [2.24, 2.45) is 0 Å². The highest BCUT2D eigenvalue weighted by atomic mass is 32.7. The molecule has 15 heteroatoms. The number of anilines is 2. The molecule has 5 rings (SSSR count). The van der Waals surface area contributed by atoms with Crippen molar-refractivity contribution >= 4 is 60.3 Å². The highest BCUT2D eigenvalue weighted by molar-refractivity contribution is 8.29. The van der Waals surface area contributed by atoms with Gasteiger partial charge >= 0.3 is 0 Å². The Hall–Kier alpha value is -2.19. The van der Waals surface area contributed by atoms with Crippen LogP contribution in [0.25, 0.3) is 11.2 Å². The van der Waals surface area contributed by atoms with Crippen LogP contribution in [0.4, 0.5) is 11.6 Å². The minimum absolute atomic E-state index is 0.00327. The maximum Gasteiger partial charge on any atom is 0.280 e. The summed E-state index contributed by atoms with van der Waals surface area (Å²) >= 11 is 6.14. The van der Waals surface area contributed by atoms with Crippen LogP contribution in [0.5, 0.6) is 0 Å². The number of rotatable bonds is 5. The van der Waals surface area contributed by atoms with Gasteiger partial charge in [-0.05, 0) is 12.1 Å². The highest BCUT2D eigenvalue weighted by Gasteiger charge is 2.49. The fourth-order valence-corrected chi connectivity index (χ4v) is 5.71. The SMILES string of the molecule is Nc1nc2c(nc(SCC(=O)Nc3ccccc3)n2[C@@H]2OC3COP([S-])O[C@H]3C2O)c(=O)[nH]1. The number of nitrogens with two attached hydrogens (primary N) is 1. The molecule has 0 bridgehead atoms. The number of para-hydroxylation sites is 1. The summed E-state index contributed by atoms with van der Waals surface area (Å²) in [6, 6.07) is 9.00. The van der Waals surface area contributed by atoms with Gasteiger partial charge in [0.2, 0.25) is 11.9 Å². The topological polar surface area (TPSA) is 167 Å². The summed E-state index contributed by atoms with van der Waals surface area (Å²) in [6.45, 7) is 0.165. The van der Waals surface area contributed by atoms with Gasteiger partial charge in [0.1, 0.15) is 18.3 Å². The van der Waals surface area contributed by atoms with E-state index in [2.05, 4.69) is 20.3 Å². The zero-order valence-corrected chi connectivity index (χ0v) is 19.3. The number of fused-ring (bicyclic) bond motifs is 2. The largest absolute Gasteiger partial charge is 0.700 e. The Morgan fingerprint density at radius 1 is 1.39 bits per heavy atom. The number of nitrogens with zero attached hydrogens (tertiary/aromatic N) is 3. The van der Waals surface area contributed by atoms with Crippen LogP contribution in [0.1, 0.15) is 6.23 Å². The Labute approximate surface area is 197 Å². The number of aliphatic hydroxyl groups excluding tert-OH is 1. The first-order valence-electron chi connectivity index (χ1n) is 9.76. The molecule has 4 heterocycles. The Kier molecular flexibility index (Phi) is 6.31. The third-order valence-electron chi connectivity index (χ3n) is 5.04. The van der Waals surface area contributed by atoms with Crippen molar-refractivity contribution < 1.29 is 23.7 Å². The summed E-state index contributed by atoms with van der Waals surface area (Å²) in [7, 11) is -1.55. The minimum atomic E-state index is -1.55. The molecule has 12 nitrogen and oxygen atoms in total. The fraction of sp³-hybridized carbons (Fsp3) is 0.333. The standard InChI is InChI=1S/C18H18N6O6PS2/c19-17-22-14-11(15(27)23-17)21-18(33-7-10(25)20-8-4-2-1-3-5-8)24(14)16-12(26)13-9(29-16)6-28-31(32)30-13/h1-5,9,12-13,16,26H,6-7H2,(H,20,25)(H3,19,22,23,27)/q-1/t9?,12?,13-,16-,31?/m1/s1. The number of amides is 1. The predicted octanol–water partition coefficient (Wildman–Crippen LogP) is 0.880. The van der Waals surface area contributed by atoms with Crippen LogP contribution < -0.4 is 16.6 Å². The van der Waals surface area contributed by atoms with Gasteiger partial charge in [-0.25, -0.2) is 4.98 Å². The zero-order valence-electron chi connectivity index (χ0n) is 16.8. The molecule has 1 amide bonds. The molecule has 2 saturated heterocycles. The monoisotopic (exact) mass is 509 g/mol. The number of imidazole rings is 1. The summed E-state index contributed by atoms with van der Waals surface area (Å²) < 4.78 is 18.4. The maximum absolute atomic E-state index is 12.5. The van der Waals surface area contributed by atoms with Gasteiger partial charge in [0, 0.05) is 13.3 Å². The predicted molar refractivity (Wildman–Crippen MR) is 123 cm³/mol. The van der Waals surface area contributed by atoms with Gasteiger partial charge in [-0.1, -0.05) is 30.0 Å². The second-order valence-corrected chi connectivity index (χ2v) is 9.99. The van der Waals surface area contributed by atoms with Crippen molar-refractivity contribution in [3.05, 3.63) is 40.7 Å². The molecule has 2 fully saturated rings. The van der Waals surface area contributed by atoms with Gasteiger partial charge in [-0.2, -0.15) is 4.98 Å². The number of benzene rings is 1. The molecule has 5 N–H and O–H groups in total. The number of aliphatic hydroxyl groups is 1. The lowest BCUT2D eigenvalue weighted by Crippen LogP contribution is -2.38. The van der Waals surface area contributed by atoms with Gasteiger partial charge < -0.3 is 42.2 Å². The van der Waals surface area contributed by atoms with E-state index >= 15 is 0 Å². The molecule has 3 unspecified atom stereocenters. The Morgan fingerprint density at radius 2 is 2.18 bits per heavy atom. The molecule has 33 heavy (non-hydrogen) atoms. The van der Waals surface area contributed by atoms with Gasteiger partial charge in [-0.3, -0.25) is 19.1 Å². The second kappa shape index (κ2) is 9.22. The molecule has 0 saturated carbocycles. The first-order valence-corrected chi connectivity index (χ1v) is 12.9. The molecule has 2 aliphatic heterocycles. The molecule has 0 aliphatic carbocycles. The summed E-state index contributed by atoms with van der Waals surface area (Å²) in [6.07, 6.45) is -3.41. The van der Waals surface area contributed by atoms with Crippen LogP contribution in [-0.2, 0) is 30.8 Å². The summed E-state index contributed by atoms with van der Waals surface area (Å²) in [5, 5.41) is 14.0. The Balaban J connectivity index is 1.46. The number of nitrogens with one attached hydrogen (secondary N) is 2. The van der Waals surface area contributed by atoms with E-state index in [0.29, 0.717) is 5.69 Å². The lowest BCUT2D eigenvalue weighted by atomic mass is 10.1. The van der Waals surface area contributed by atoms with E-state index in [1.165, 1.54) is 4.57 Å². The normalized spacial score (nSPS) is 26.9. The van der Waals surface area contributed by atoms with E-state index in [-0.39, 0.29) is 40.5 Å². The number of hydrogen-bond donors (Lipinski definition) is 4. The molecule has 5 atom stereocenters. The zero-order chi connectivity index (χ0) is 23.1. The van der Waals surface area contributed by atoms with Gasteiger partial charge in [-0.15, -0.1) is 0 Å². The minimum Gasteiger partial charge on any atom is -0.700 e. The van der Waals surface area contributed by atoms with E-state index in [1.54, 1.807) is 12.1 Å². The van der Waals surface area contributed by atoms with E-state index in [0.717, 1.165) is 11.8 Å². The van der Waals surface area contributed by atoms with Crippen molar-refractivity contribution in [1.82, 2.24) is 19.5 Å². The molecular formula is C18H18N6O6PS2-. The lowest BCUT2D eigenvalue weighted by Gasteiger charge is -2.35. The van der Waals surface area contributed by atoms with E-state index < -0.39 is 37.7 Å². The van der Waals surface area contributed by atoms with Gasteiger partial charge in [0.15, 0.2) is 22.5 Å². The van der Waals surface area contributed by atoms with Crippen LogP contribution in [-0.4, -0.2) is 61.2 Å². The van der Waals surface area contributed by atoms with Crippen LogP contribution in [0.2, 0.25) is 0 Å². The van der Waals surface area contributed by atoms with Gasteiger partial charge in [0.25, 0.3) is 5.56 Å². The molecule has 3 aromatic rings. The summed E-state index contributed by atoms with van der Waals surface area (Å²) in [4.78, 5) is 35.8. The quantitative estimate of drug-likeness (QED) is 0.219. The third-order valence-corrected chi connectivity index (χ3v) is 7.34. The number of aromatic amines is 1. The van der Waals surface area contributed by atoms with Crippen molar-refractivity contribution in [3.63, 3.8) is 0 Å². The number of carbonyl (C=O) groups excluding carboxylic acids is 1. The van der Waals surface area contributed by atoms with E-state index in [1.807, 2.05) is 18.2 Å². The van der Waals surface area contributed by atoms with Crippen molar-refractivity contribution in [2.75, 3.05) is 23.4 Å². The second-order valence-electron chi connectivity index (χ2n) is 7.24. The van der Waals surface area contributed by atoms with E-state index in [4.69, 9.17) is 31.8 Å². The average molecular weight is 509 g/mol. The smallest absolute Gasteiger partial charge is 0.280 e. The van der Waals surface area contributed by atoms with Crippen molar-refractivity contribution in [2.45, 2.75) is 29.7 Å². The molecule has 0 spiro atoms.